The number of hydrogen-bond donors (Lipinski definition) is 1. The first-order chi connectivity index (χ1) is 9.22. The van der Waals surface area contributed by atoms with E-state index >= 15 is 0 Å². The normalized spacial score (nSPS) is 9.42. The van der Waals surface area contributed by atoms with Gasteiger partial charge in [-0.15, -0.1) is 0 Å². The second-order valence-electron chi connectivity index (χ2n) is 3.97. The molecule has 0 aliphatic rings. The summed E-state index contributed by atoms with van der Waals surface area (Å²) in [6.45, 7) is 0.671. The molecule has 0 aliphatic carbocycles. The van der Waals surface area contributed by atoms with Gasteiger partial charge in [-0.05, 0) is 51.8 Å². The molecule has 1 N–H and O–H groups in total. The maximum atomic E-state index is 8.84. The Hall–Kier alpha value is -2.30. The molecule has 0 aliphatic heterocycles. The summed E-state index contributed by atoms with van der Waals surface area (Å²) in [6, 6.07) is 17.1. The molecule has 0 spiro atoms. The molecule has 0 unspecified atom stereocenters. The van der Waals surface area contributed by atoms with Gasteiger partial charge in [-0.3, -0.25) is 0 Å². The minimum Gasteiger partial charge on any atom is -0.381 e. The van der Waals surface area contributed by atoms with Gasteiger partial charge in [0.1, 0.15) is 6.07 Å². The Morgan fingerprint density at radius 1 is 1.00 bits per heavy atom. The maximum Gasteiger partial charge on any atom is 0.100 e. The Balaban J connectivity index is 2.04. The SMILES string of the molecule is N#Cc1ccc(CNc2ccc(C#N)c(Br)c2)cc1. The van der Waals surface area contributed by atoms with Crippen LogP contribution in [0.1, 0.15) is 16.7 Å². The third-order valence-corrected chi connectivity index (χ3v) is 3.33. The molecule has 0 atom stereocenters. The van der Waals surface area contributed by atoms with E-state index in [-0.39, 0.29) is 0 Å². The topological polar surface area (TPSA) is 59.6 Å². The second kappa shape index (κ2) is 6.04. The summed E-state index contributed by atoms with van der Waals surface area (Å²) in [4.78, 5) is 0. The molecule has 0 amide bonds. The minimum absolute atomic E-state index is 0.615. The fourth-order valence-electron chi connectivity index (χ4n) is 1.62. The Morgan fingerprint density at radius 2 is 1.74 bits per heavy atom. The zero-order valence-electron chi connectivity index (χ0n) is 10.0. The molecular weight excluding hydrogens is 302 g/mol. The third-order valence-electron chi connectivity index (χ3n) is 2.67. The molecule has 2 rings (SSSR count). The van der Waals surface area contributed by atoms with Crippen molar-refractivity contribution >= 4 is 21.6 Å². The quantitative estimate of drug-likeness (QED) is 0.937. The number of nitriles is 2. The van der Waals surface area contributed by atoms with Crippen molar-refractivity contribution in [2.45, 2.75) is 6.54 Å². The van der Waals surface area contributed by atoms with Gasteiger partial charge in [0, 0.05) is 16.7 Å². The van der Waals surface area contributed by atoms with Gasteiger partial charge in [-0.25, -0.2) is 0 Å². The van der Waals surface area contributed by atoms with Crippen LogP contribution in [-0.2, 0) is 6.54 Å². The first kappa shape index (κ1) is 13.1. The number of rotatable bonds is 3. The maximum absolute atomic E-state index is 8.84. The predicted molar refractivity (Wildman–Crippen MR) is 77.3 cm³/mol. The summed E-state index contributed by atoms with van der Waals surface area (Å²) >= 11 is 3.35. The van der Waals surface area contributed by atoms with Crippen molar-refractivity contribution in [1.29, 1.82) is 10.5 Å². The van der Waals surface area contributed by atoms with Gasteiger partial charge < -0.3 is 5.32 Å². The van der Waals surface area contributed by atoms with Gasteiger partial charge in [-0.2, -0.15) is 10.5 Å². The summed E-state index contributed by atoms with van der Waals surface area (Å²) in [5, 5.41) is 20.8. The van der Waals surface area contributed by atoms with Gasteiger partial charge in [0.25, 0.3) is 0 Å². The number of hydrogen-bond acceptors (Lipinski definition) is 3. The lowest BCUT2D eigenvalue weighted by Gasteiger charge is -2.07. The van der Waals surface area contributed by atoms with Gasteiger partial charge in [-0.1, -0.05) is 12.1 Å². The minimum atomic E-state index is 0.615. The predicted octanol–water partition coefficient (Wildman–Crippen LogP) is 3.80. The van der Waals surface area contributed by atoms with E-state index in [1.165, 1.54) is 0 Å². The van der Waals surface area contributed by atoms with E-state index in [1.807, 2.05) is 24.3 Å². The van der Waals surface area contributed by atoms with E-state index in [1.54, 1.807) is 18.2 Å². The molecule has 0 saturated carbocycles. The van der Waals surface area contributed by atoms with Gasteiger partial charge in [0.15, 0.2) is 0 Å². The van der Waals surface area contributed by atoms with Crippen LogP contribution in [0.3, 0.4) is 0 Å². The standard InChI is InChI=1S/C15H10BrN3/c16-15-7-14(6-5-13(15)9-18)19-10-12-3-1-11(8-17)2-4-12/h1-7,19H,10H2. The fourth-order valence-corrected chi connectivity index (χ4v) is 2.08. The van der Waals surface area contributed by atoms with Crippen molar-refractivity contribution in [1.82, 2.24) is 0 Å². The lowest BCUT2D eigenvalue weighted by atomic mass is 10.1. The number of nitrogens with zero attached hydrogens (tertiary/aromatic N) is 2. The highest BCUT2D eigenvalue weighted by atomic mass is 79.9. The number of anilines is 1. The Kier molecular flexibility index (Phi) is 4.18. The van der Waals surface area contributed by atoms with Crippen LogP contribution in [0.2, 0.25) is 0 Å². The number of nitrogens with one attached hydrogen (secondary N) is 1. The van der Waals surface area contributed by atoms with Crippen molar-refractivity contribution < 1.29 is 0 Å². The van der Waals surface area contributed by atoms with E-state index in [0.717, 1.165) is 15.7 Å². The van der Waals surface area contributed by atoms with E-state index < -0.39 is 0 Å². The molecule has 92 valence electrons. The third kappa shape index (κ3) is 3.34. The van der Waals surface area contributed by atoms with Crippen molar-refractivity contribution in [3.05, 3.63) is 63.6 Å². The van der Waals surface area contributed by atoms with E-state index in [2.05, 4.69) is 33.4 Å². The van der Waals surface area contributed by atoms with Crippen molar-refractivity contribution in [2.75, 3.05) is 5.32 Å². The first-order valence-corrected chi connectivity index (χ1v) is 6.45. The van der Waals surface area contributed by atoms with Gasteiger partial charge in [0.05, 0.1) is 17.2 Å². The molecule has 0 fully saturated rings. The van der Waals surface area contributed by atoms with Crippen LogP contribution in [0.4, 0.5) is 5.69 Å². The fraction of sp³-hybridized carbons (Fsp3) is 0.0667. The van der Waals surface area contributed by atoms with Crippen molar-refractivity contribution in [3.8, 4) is 12.1 Å². The van der Waals surface area contributed by atoms with Crippen LogP contribution in [0.5, 0.6) is 0 Å². The largest absolute Gasteiger partial charge is 0.381 e. The van der Waals surface area contributed by atoms with Crippen LogP contribution in [0.25, 0.3) is 0 Å². The van der Waals surface area contributed by atoms with E-state index in [4.69, 9.17) is 10.5 Å². The molecule has 19 heavy (non-hydrogen) atoms. The van der Waals surface area contributed by atoms with Crippen LogP contribution in [0, 0.1) is 22.7 Å². The molecule has 3 nitrogen and oxygen atoms in total. The van der Waals surface area contributed by atoms with Crippen molar-refractivity contribution in [3.63, 3.8) is 0 Å². The monoisotopic (exact) mass is 311 g/mol. The number of benzene rings is 2. The summed E-state index contributed by atoms with van der Waals surface area (Å²) in [6.07, 6.45) is 0. The molecule has 0 saturated heterocycles. The first-order valence-electron chi connectivity index (χ1n) is 5.65. The van der Waals surface area contributed by atoms with Gasteiger partial charge in [0.2, 0.25) is 0 Å². The highest BCUT2D eigenvalue weighted by Crippen LogP contribution is 2.21. The lowest BCUT2D eigenvalue weighted by molar-refractivity contribution is 1.15. The summed E-state index contributed by atoms with van der Waals surface area (Å²) in [7, 11) is 0. The molecular formula is C15H10BrN3. The lowest BCUT2D eigenvalue weighted by Crippen LogP contribution is -1.99. The molecule has 2 aromatic rings. The van der Waals surface area contributed by atoms with Crippen molar-refractivity contribution in [2.24, 2.45) is 0 Å². The summed E-state index contributed by atoms with van der Waals surface area (Å²) in [5.74, 6) is 0. The summed E-state index contributed by atoms with van der Waals surface area (Å²) < 4.78 is 0.778. The number of halogens is 1. The Labute approximate surface area is 120 Å². The molecule has 0 radical (unpaired) electrons. The Bertz CT molecular complexity index is 663. The molecule has 2 aromatic carbocycles. The van der Waals surface area contributed by atoms with Gasteiger partial charge >= 0.3 is 0 Å². The van der Waals surface area contributed by atoms with Crippen LogP contribution in [-0.4, -0.2) is 0 Å². The molecule has 0 aromatic heterocycles. The van der Waals surface area contributed by atoms with Crippen LogP contribution in [0.15, 0.2) is 46.9 Å². The highest BCUT2D eigenvalue weighted by molar-refractivity contribution is 9.10. The average molecular weight is 312 g/mol. The highest BCUT2D eigenvalue weighted by Gasteiger charge is 2.00. The zero-order valence-corrected chi connectivity index (χ0v) is 11.6. The van der Waals surface area contributed by atoms with Crippen LogP contribution >= 0.6 is 15.9 Å². The smallest absolute Gasteiger partial charge is 0.100 e. The van der Waals surface area contributed by atoms with Crippen LogP contribution < -0.4 is 5.32 Å². The Morgan fingerprint density at radius 3 is 2.32 bits per heavy atom. The van der Waals surface area contributed by atoms with E-state index in [9.17, 15) is 0 Å². The average Bonchev–Trinajstić information content (AvgIpc) is 2.46. The molecule has 0 heterocycles. The van der Waals surface area contributed by atoms with E-state index in [0.29, 0.717) is 17.7 Å². The molecule has 4 heteroatoms. The second-order valence-corrected chi connectivity index (χ2v) is 4.82. The zero-order chi connectivity index (χ0) is 13.7. The molecule has 0 bridgehead atoms. The summed E-state index contributed by atoms with van der Waals surface area (Å²) in [5.41, 5.74) is 3.31.